The lowest BCUT2D eigenvalue weighted by atomic mass is 9.94. The lowest BCUT2D eigenvalue weighted by Gasteiger charge is -2.41. The third-order valence-corrected chi connectivity index (χ3v) is 9.75. The summed E-state index contributed by atoms with van der Waals surface area (Å²) in [6, 6.07) is 8.75. The summed E-state index contributed by atoms with van der Waals surface area (Å²) in [7, 11) is 0. The van der Waals surface area contributed by atoms with Crippen LogP contribution in [0.4, 0.5) is 0 Å². The molecule has 1 N–H and O–H groups in total. The SMILES string of the molecule is O=C(O[C@H]1[C@@H](O)[C@H](Br)[C@@H](Br)[C@@H](Br)[C@@H]1Br)c1ccccc1. The van der Waals surface area contributed by atoms with E-state index >= 15 is 0 Å². The molecule has 0 unspecified atom stereocenters. The number of ether oxygens (including phenoxy) is 1. The Labute approximate surface area is 151 Å². The number of carbonyl (C=O) groups excluding carboxylic acids is 1. The predicted octanol–water partition coefficient (Wildman–Crippen LogP) is 3.64. The Morgan fingerprint density at radius 3 is 2.10 bits per heavy atom. The van der Waals surface area contributed by atoms with Crippen LogP contribution < -0.4 is 0 Å². The van der Waals surface area contributed by atoms with Crippen LogP contribution in [-0.2, 0) is 4.74 Å². The van der Waals surface area contributed by atoms with Crippen molar-refractivity contribution in [3.8, 4) is 0 Å². The highest BCUT2D eigenvalue weighted by Gasteiger charge is 2.48. The van der Waals surface area contributed by atoms with Gasteiger partial charge < -0.3 is 9.84 Å². The van der Waals surface area contributed by atoms with Crippen LogP contribution in [0, 0.1) is 0 Å². The summed E-state index contributed by atoms with van der Waals surface area (Å²) in [6.45, 7) is 0. The van der Waals surface area contributed by atoms with Crippen molar-refractivity contribution in [1.82, 2.24) is 0 Å². The lowest BCUT2D eigenvalue weighted by Crippen LogP contribution is -2.57. The van der Waals surface area contributed by atoms with E-state index in [9.17, 15) is 9.90 Å². The molecule has 0 radical (unpaired) electrons. The Morgan fingerprint density at radius 1 is 0.950 bits per heavy atom. The van der Waals surface area contributed by atoms with E-state index in [1.165, 1.54) is 0 Å². The summed E-state index contributed by atoms with van der Waals surface area (Å²) in [5.74, 6) is -0.438. The number of rotatable bonds is 2. The van der Waals surface area contributed by atoms with E-state index in [4.69, 9.17) is 4.74 Å². The lowest BCUT2D eigenvalue weighted by molar-refractivity contribution is -0.0257. The average molecular weight is 536 g/mol. The Morgan fingerprint density at radius 2 is 1.50 bits per heavy atom. The van der Waals surface area contributed by atoms with Crippen LogP contribution in [0.1, 0.15) is 10.4 Å². The second-order valence-corrected chi connectivity index (χ2v) is 8.73. The van der Waals surface area contributed by atoms with Crippen molar-refractivity contribution in [1.29, 1.82) is 0 Å². The summed E-state index contributed by atoms with van der Waals surface area (Å²) in [5, 5.41) is 10.3. The minimum Gasteiger partial charge on any atom is -0.455 e. The van der Waals surface area contributed by atoms with Crippen LogP contribution in [-0.4, -0.2) is 42.6 Å². The molecular formula is C13H12Br4O3. The monoisotopic (exact) mass is 532 g/mol. The van der Waals surface area contributed by atoms with Gasteiger partial charge in [-0.1, -0.05) is 81.9 Å². The molecule has 1 fully saturated rings. The van der Waals surface area contributed by atoms with Gasteiger partial charge in [0.2, 0.25) is 0 Å². The number of benzene rings is 1. The summed E-state index contributed by atoms with van der Waals surface area (Å²) < 4.78 is 5.47. The highest BCUT2D eigenvalue weighted by molar-refractivity contribution is 9.14. The first-order valence-corrected chi connectivity index (χ1v) is 9.60. The first-order valence-electron chi connectivity index (χ1n) is 5.94. The molecule has 0 heterocycles. The highest BCUT2D eigenvalue weighted by Crippen LogP contribution is 2.40. The van der Waals surface area contributed by atoms with E-state index in [1.807, 2.05) is 6.07 Å². The van der Waals surface area contributed by atoms with Crippen molar-refractivity contribution in [3.05, 3.63) is 35.9 Å². The fraction of sp³-hybridized carbons (Fsp3) is 0.462. The van der Waals surface area contributed by atoms with Crippen LogP contribution in [0.2, 0.25) is 0 Å². The largest absolute Gasteiger partial charge is 0.455 e. The van der Waals surface area contributed by atoms with Crippen molar-refractivity contribution in [2.45, 2.75) is 31.5 Å². The van der Waals surface area contributed by atoms with E-state index in [0.717, 1.165) is 0 Å². The smallest absolute Gasteiger partial charge is 0.338 e. The van der Waals surface area contributed by atoms with Gasteiger partial charge in [-0.2, -0.15) is 0 Å². The van der Waals surface area contributed by atoms with Gasteiger partial charge in [-0.3, -0.25) is 0 Å². The summed E-state index contributed by atoms with van der Waals surface area (Å²) in [4.78, 5) is 11.7. The molecule has 1 saturated carbocycles. The fourth-order valence-electron chi connectivity index (χ4n) is 1.99. The molecule has 1 aromatic carbocycles. The number of aliphatic hydroxyl groups excluding tert-OH is 1. The van der Waals surface area contributed by atoms with Gasteiger partial charge in [-0.15, -0.1) is 0 Å². The molecule has 1 aromatic rings. The van der Waals surface area contributed by atoms with Crippen molar-refractivity contribution in [2.75, 3.05) is 0 Å². The van der Waals surface area contributed by atoms with Crippen LogP contribution in [0.3, 0.4) is 0 Å². The van der Waals surface area contributed by atoms with E-state index in [2.05, 4.69) is 63.7 Å². The van der Waals surface area contributed by atoms with Crippen LogP contribution in [0.15, 0.2) is 30.3 Å². The van der Waals surface area contributed by atoms with Crippen molar-refractivity contribution >= 4 is 69.7 Å². The molecule has 7 heteroatoms. The maximum absolute atomic E-state index is 12.1. The number of hydrogen-bond donors (Lipinski definition) is 1. The van der Waals surface area contributed by atoms with Crippen molar-refractivity contribution in [3.63, 3.8) is 0 Å². The maximum Gasteiger partial charge on any atom is 0.338 e. The third-order valence-electron chi connectivity index (χ3n) is 3.14. The van der Waals surface area contributed by atoms with Gasteiger partial charge in [-0.25, -0.2) is 4.79 Å². The first kappa shape index (κ1) is 16.9. The van der Waals surface area contributed by atoms with Gasteiger partial charge in [0.05, 0.1) is 15.2 Å². The third kappa shape index (κ3) is 3.48. The fourth-order valence-corrected chi connectivity index (χ4v) is 5.46. The summed E-state index contributed by atoms with van der Waals surface area (Å²) >= 11 is 14.0. The zero-order chi connectivity index (χ0) is 14.9. The van der Waals surface area contributed by atoms with Gasteiger partial charge in [-0.05, 0) is 12.1 Å². The number of alkyl halides is 4. The molecule has 0 spiro atoms. The van der Waals surface area contributed by atoms with E-state index < -0.39 is 18.2 Å². The Bertz CT molecular complexity index is 454. The molecule has 0 aromatic heterocycles. The highest BCUT2D eigenvalue weighted by atomic mass is 79.9. The normalized spacial score (nSPS) is 37.5. The predicted molar refractivity (Wildman–Crippen MR) is 92.5 cm³/mol. The molecule has 1 aliphatic rings. The summed E-state index contributed by atoms with van der Waals surface area (Å²) in [5.41, 5.74) is 0.470. The maximum atomic E-state index is 12.1. The van der Waals surface area contributed by atoms with Gasteiger partial charge in [0, 0.05) is 9.65 Å². The molecule has 0 bridgehead atoms. The van der Waals surface area contributed by atoms with E-state index in [-0.39, 0.29) is 19.3 Å². The molecule has 0 amide bonds. The standard InChI is InChI=1S/C13H12Br4O3/c14-7-8(15)10(17)12(11(18)9(7)16)20-13(19)6-4-2-1-3-5-6/h1-5,7-12,18H/t7-,8+,9+,10-,11-,12+/m0/s1. The number of esters is 1. The van der Waals surface area contributed by atoms with E-state index in [1.54, 1.807) is 24.3 Å². The summed E-state index contributed by atoms with van der Waals surface area (Å²) in [6.07, 6.45) is -1.43. The van der Waals surface area contributed by atoms with Crippen molar-refractivity contribution < 1.29 is 14.6 Å². The molecule has 0 aliphatic heterocycles. The van der Waals surface area contributed by atoms with E-state index in [0.29, 0.717) is 5.56 Å². The number of aliphatic hydroxyl groups is 1. The second kappa shape index (κ2) is 7.22. The number of carbonyl (C=O) groups is 1. The average Bonchev–Trinajstić information content (AvgIpc) is 2.48. The molecule has 2 rings (SSSR count). The van der Waals surface area contributed by atoms with Gasteiger partial charge >= 0.3 is 5.97 Å². The first-order chi connectivity index (χ1) is 9.43. The Balaban J connectivity index is 2.13. The zero-order valence-corrected chi connectivity index (χ0v) is 16.5. The number of halogens is 4. The molecule has 20 heavy (non-hydrogen) atoms. The van der Waals surface area contributed by atoms with Crippen LogP contribution in [0.25, 0.3) is 0 Å². The minimum atomic E-state index is -0.801. The van der Waals surface area contributed by atoms with Gasteiger partial charge in [0.1, 0.15) is 12.2 Å². The molecular weight excluding hydrogens is 524 g/mol. The van der Waals surface area contributed by atoms with Gasteiger partial charge in [0.25, 0.3) is 0 Å². The molecule has 110 valence electrons. The van der Waals surface area contributed by atoms with Crippen LogP contribution >= 0.6 is 63.7 Å². The zero-order valence-electron chi connectivity index (χ0n) is 10.1. The Hall–Kier alpha value is 0.570. The minimum absolute atomic E-state index is 0.0175. The molecule has 3 nitrogen and oxygen atoms in total. The quantitative estimate of drug-likeness (QED) is 0.465. The van der Waals surface area contributed by atoms with Gasteiger partial charge in [0.15, 0.2) is 0 Å². The van der Waals surface area contributed by atoms with Crippen LogP contribution in [0.5, 0.6) is 0 Å². The Kier molecular flexibility index (Phi) is 6.11. The molecule has 6 atom stereocenters. The molecule has 0 saturated heterocycles. The van der Waals surface area contributed by atoms with Crippen molar-refractivity contribution in [2.24, 2.45) is 0 Å². The molecule has 1 aliphatic carbocycles. The number of hydrogen-bond acceptors (Lipinski definition) is 3. The second-order valence-electron chi connectivity index (χ2n) is 4.50. The topological polar surface area (TPSA) is 46.5 Å².